The van der Waals surface area contributed by atoms with Gasteiger partial charge in [-0.2, -0.15) is 0 Å². The number of aryl methyl sites for hydroxylation is 1. The fourth-order valence-electron chi connectivity index (χ4n) is 2.36. The van der Waals surface area contributed by atoms with Crippen molar-refractivity contribution in [2.45, 2.75) is 13.5 Å². The Morgan fingerprint density at radius 3 is 2.60 bits per heavy atom. The summed E-state index contributed by atoms with van der Waals surface area (Å²) >= 11 is 0. The van der Waals surface area contributed by atoms with Gasteiger partial charge in [0.1, 0.15) is 11.5 Å². The quantitative estimate of drug-likeness (QED) is 0.729. The van der Waals surface area contributed by atoms with E-state index in [4.69, 9.17) is 4.42 Å². The number of benzene rings is 1. The van der Waals surface area contributed by atoms with Gasteiger partial charge < -0.3 is 9.73 Å². The highest BCUT2D eigenvalue weighted by molar-refractivity contribution is 6.18. The number of nitrogens with zero attached hydrogens (tertiary/aromatic N) is 1. The van der Waals surface area contributed by atoms with Crippen molar-refractivity contribution in [1.29, 1.82) is 0 Å². The monoisotopic (exact) mass is 334 g/mol. The Balaban J connectivity index is 1.94. The number of furan rings is 1. The first kappa shape index (κ1) is 16.5. The minimum atomic E-state index is -0.356. The molecule has 0 aliphatic rings. The molecule has 0 bridgehead atoms. The smallest absolute Gasteiger partial charge is 0.268 e. The predicted molar refractivity (Wildman–Crippen MR) is 96.6 cm³/mol. The number of amides is 1. The maximum absolute atomic E-state index is 12.7. The molecule has 0 saturated carbocycles. The molecular formula is C20H18N2O3. The zero-order valence-corrected chi connectivity index (χ0v) is 13.8. The molecule has 3 aromatic rings. The van der Waals surface area contributed by atoms with Crippen LogP contribution >= 0.6 is 0 Å². The molecule has 2 aromatic heterocycles. The highest BCUT2D eigenvalue weighted by atomic mass is 16.3. The molecule has 1 amide bonds. The van der Waals surface area contributed by atoms with Crippen LogP contribution in [-0.4, -0.2) is 10.5 Å². The van der Waals surface area contributed by atoms with Crippen molar-refractivity contribution in [2.75, 3.05) is 0 Å². The molecule has 5 heteroatoms. The summed E-state index contributed by atoms with van der Waals surface area (Å²) in [7, 11) is 0. The van der Waals surface area contributed by atoms with E-state index in [-0.39, 0.29) is 23.7 Å². The first-order chi connectivity index (χ1) is 12.1. The summed E-state index contributed by atoms with van der Waals surface area (Å²) in [6, 6.07) is 16.0. The average Bonchev–Trinajstić information content (AvgIpc) is 3.13. The summed E-state index contributed by atoms with van der Waals surface area (Å²) in [5, 5.41) is 2.78. The molecule has 0 saturated heterocycles. The molecule has 126 valence electrons. The van der Waals surface area contributed by atoms with Gasteiger partial charge in [0.15, 0.2) is 0 Å². The van der Waals surface area contributed by atoms with E-state index in [2.05, 4.69) is 5.32 Å². The fourth-order valence-corrected chi connectivity index (χ4v) is 2.36. The third-order valence-corrected chi connectivity index (χ3v) is 3.70. The topological polar surface area (TPSA) is 64.2 Å². The van der Waals surface area contributed by atoms with Crippen LogP contribution in [0.5, 0.6) is 0 Å². The van der Waals surface area contributed by atoms with Gasteiger partial charge in [0, 0.05) is 12.3 Å². The molecule has 25 heavy (non-hydrogen) atoms. The first-order valence-electron chi connectivity index (χ1n) is 7.90. The third kappa shape index (κ3) is 4.14. The van der Waals surface area contributed by atoms with E-state index in [1.54, 1.807) is 42.8 Å². The number of rotatable bonds is 5. The molecule has 0 unspecified atom stereocenters. The van der Waals surface area contributed by atoms with Crippen molar-refractivity contribution in [1.82, 2.24) is 9.88 Å². The van der Waals surface area contributed by atoms with Crippen LogP contribution < -0.4 is 10.9 Å². The van der Waals surface area contributed by atoms with E-state index in [0.29, 0.717) is 5.76 Å². The lowest BCUT2D eigenvalue weighted by molar-refractivity contribution is -0.116. The van der Waals surface area contributed by atoms with Gasteiger partial charge in [-0.3, -0.25) is 14.2 Å². The standard InChI is InChI=1S/C20H18N2O3/c1-15-7-9-16(10-8-15)13-18(22-11-3-2-6-19(22)23)20(24)21-14-17-5-4-12-25-17/h2-13H,14H2,1H3,(H,21,24)/b18-13+. The minimum Gasteiger partial charge on any atom is -0.467 e. The lowest BCUT2D eigenvalue weighted by atomic mass is 10.1. The minimum absolute atomic E-state index is 0.249. The van der Waals surface area contributed by atoms with E-state index >= 15 is 0 Å². The molecule has 0 atom stereocenters. The van der Waals surface area contributed by atoms with Crippen LogP contribution in [0.25, 0.3) is 11.8 Å². The Morgan fingerprint density at radius 2 is 1.92 bits per heavy atom. The van der Waals surface area contributed by atoms with Crippen molar-refractivity contribution in [3.05, 3.63) is 94.3 Å². The second-order valence-electron chi connectivity index (χ2n) is 5.61. The maximum Gasteiger partial charge on any atom is 0.268 e. The zero-order chi connectivity index (χ0) is 17.6. The van der Waals surface area contributed by atoms with E-state index in [1.807, 2.05) is 31.2 Å². The molecular weight excluding hydrogens is 316 g/mol. The van der Waals surface area contributed by atoms with Gasteiger partial charge in [-0.25, -0.2) is 0 Å². The normalized spacial score (nSPS) is 11.3. The van der Waals surface area contributed by atoms with Crippen LogP contribution in [0.4, 0.5) is 0 Å². The summed E-state index contributed by atoms with van der Waals surface area (Å²) in [6.45, 7) is 2.24. The average molecular weight is 334 g/mol. The number of aromatic nitrogens is 1. The van der Waals surface area contributed by atoms with Crippen molar-refractivity contribution >= 4 is 17.7 Å². The number of nitrogens with one attached hydrogen (secondary N) is 1. The summed E-state index contributed by atoms with van der Waals surface area (Å²) < 4.78 is 6.55. The van der Waals surface area contributed by atoms with E-state index in [9.17, 15) is 9.59 Å². The second-order valence-corrected chi connectivity index (χ2v) is 5.61. The molecule has 5 nitrogen and oxygen atoms in total. The number of carbonyl (C=O) groups is 1. The van der Waals surface area contributed by atoms with Crippen LogP contribution in [0.15, 0.2) is 76.3 Å². The Labute approximate surface area is 145 Å². The van der Waals surface area contributed by atoms with Crippen LogP contribution in [0.2, 0.25) is 0 Å². The van der Waals surface area contributed by atoms with Crippen molar-refractivity contribution in [2.24, 2.45) is 0 Å². The fraction of sp³-hybridized carbons (Fsp3) is 0.100. The molecule has 0 fully saturated rings. The van der Waals surface area contributed by atoms with Crippen molar-refractivity contribution < 1.29 is 9.21 Å². The van der Waals surface area contributed by atoms with Crippen molar-refractivity contribution in [3.8, 4) is 0 Å². The van der Waals surface area contributed by atoms with Crippen LogP contribution in [0.1, 0.15) is 16.9 Å². The number of hydrogen-bond donors (Lipinski definition) is 1. The molecule has 0 aliphatic carbocycles. The van der Waals surface area contributed by atoms with Crippen LogP contribution in [-0.2, 0) is 11.3 Å². The number of hydrogen-bond acceptors (Lipinski definition) is 3. The molecule has 2 heterocycles. The van der Waals surface area contributed by atoms with Crippen LogP contribution in [0.3, 0.4) is 0 Å². The van der Waals surface area contributed by atoms with Gasteiger partial charge in [-0.1, -0.05) is 35.9 Å². The van der Waals surface area contributed by atoms with Gasteiger partial charge >= 0.3 is 0 Å². The predicted octanol–water partition coefficient (Wildman–Crippen LogP) is 3.06. The van der Waals surface area contributed by atoms with Crippen LogP contribution in [0, 0.1) is 6.92 Å². The van der Waals surface area contributed by atoms with Gasteiger partial charge in [0.25, 0.3) is 11.5 Å². The Hall–Kier alpha value is -3.34. The second kappa shape index (κ2) is 7.49. The molecule has 1 N–H and O–H groups in total. The zero-order valence-electron chi connectivity index (χ0n) is 13.8. The highest BCUT2D eigenvalue weighted by Gasteiger charge is 2.13. The van der Waals surface area contributed by atoms with Gasteiger partial charge in [-0.05, 0) is 36.8 Å². The highest BCUT2D eigenvalue weighted by Crippen LogP contribution is 2.12. The Morgan fingerprint density at radius 1 is 1.12 bits per heavy atom. The Kier molecular flexibility index (Phi) is 4.95. The molecule has 0 spiro atoms. The Bertz CT molecular complexity index is 936. The van der Waals surface area contributed by atoms with E-state index in [0.717, 1.165) is 11.1 Å². The lowest BCUT2D eigenvalue weighted by Gasteiger charge is -2.11. The summed E-state index contributed by atoms with van der Waals surface area (Å²) in [5.74, 6) is 0.286. The van der Waals surface area contributed by atoms with Crippen molar-refractivity contribution in [3.63, 3.8) is 0 Å². The largest absolute Gasteiger partial charge is 0.467 e. The van der Waals surface area contributed by atoms with Gasteiger partial charge in [0.2, 0.25) is 0 Å². The molecule has 0 aliphatic heterocycles. The number of carbonyl (C=O) groups excluding carboxylic acids is 1. The summed E-state index contributed by atoms with van der Waals surface area (Å²) in [5.41, 5.74) is 1.94. The van der Waals surface area contributed by atoms with Gasteiger partial charge in [-0.15, -0.1) is 0 Å². The summed E-state index contributed by atoms with van der Waals surface area (Å²) in [4.78, 5) is 24.8. The van der Waals surface area contributed by atoms with Gasteiger partial charge in [0.05, 0.1) is 12.8 Å². The first-order valence-corrected chi connectivity index (χ1v) is 7.90. The maximum atomic E-state index is 12.7. The SMILES string of the molecule is Cc1ccc(/C=C(\C(=O)NCc2ccco2)n2ccccc2=O)cc1. The lowest BCUT2D eigenvalue weighted by Crippen LogP contribution is -2.30. The van der Waals surface area contributed by atoms with E-state index in [1.165, 1.54) is 10.6 Å². The molecule has 3 rings (SSSR count). The molecule has 0 radical (unpaired) electrons. The van der Waals surface area contributed by atoms with E-state index < -0.39 is 0 Å². The third-order valence-electron chi connectivity index (χ3n) is 3.70. The summed E-state index contributed by atoms with van der Waals surface area (Å²) in [6.07, 6.45) is 4.82. The number of pyridine rings is 1. The molecule has 1 aromatic carbocycles.